The third kappa shape index (κ3) is 4.42. The van der Waals surface area contributed by atoms with E-state index in [-0.39, 0.29) is 17.5 Å². The zero-order valence-electron chi connectivity index (χ0n) is 13.3. The first-order chi connectivity index (χ1) is 12.0. The third-order valence-electron chi connectivity index (χ3n) is 4.03. The molecule has 0 radical (unpaired) electrons. The maximum Gasteiger partial charge on any atom is 0.240 e. The summed E-state index contributed by atoms with van der Waals surface area (Å²) in [6, 6.07) is 6.28. The maximum absolute atomic E-state index is 13.3. The Labute approximate surface area is 149 Å². The van der Waals surface area contributed by atoms with E-state index in [1.807, 2.05) is 17.5 Å². The SMILES string of the molecule is O=S(=O)(NC[C@@H](c1cccs1)N1CCOCC1)c1ccc(F)c(F)c1. The second kappa shape index (κ2) is 7.88. The van der Waals surface area contributed by atoms with Crippen molar-refractivity contribution in [2.45, 2.75) is 10.9 Å². The van der Waals surface area contributed by atoms with Gasteiger partial charge in [-0.2, -0.15) is 0 Å². The fraction of sp³-hybridized carbons (Fsp3) is 0.375. The second-order valence-electron chi connectivity index (χ2n) is 5.61. The Bertz CT molecular complexity index is 807. The monoisotopic (exact) mass is 388 g/mol. The molecule has 2 aromatic rings. The number of benzene rings is 1. The number of hydrogen-bond donors (Lipinski definition) is 1. The van der Waals surface area contributed by atoms with Crippen LogP contribution < -0.4 is 4.72 Å². The number of rotatable bonds is 6. The molecule has 9 heteroatoms. The van der Waals surface area contributed by atoms with Crippen LogP contribution in [0.25, 0.3) is 0 Å². The number of nitrogens with zero attached hydrogens (tertiary/aromatic N) is 1. The molecule has 0 bridgehead atoms. The highest BCUT2D eigenvalue weighted by molar-refractivity contribution is 7.89. The summed E-state index contributed by atoms with van der Waals surface area (Å²) in [7, 11) is -3.93. The first-order valence-corrected chi connectivity index (χ1v) is 10.1. The number of nitrogens with one attached hydrogen (secondary N) is 1. The number of hydrogen-bond acceptors (Lipinski definition) is 5. The average Bonchev–Trinajstić information content (AvgIpc) is 3.12. The predicted molar refractivity (Wildman–Crippen MR) is 91.0 cm³/mol. The predicted octanol–water partition coefficient (Wildman–Crippen LogP) is 2.38. The molecule has 0 unspecified atom stereocenters. The van der Waals surface area contributed by atoms with Crippen LogP contribution in [-0.2, 0) is 14.8 Å². The molecule has 1 aromatic carbocycles. The van der Waals surface area contributed by atoms with Crippen molar-refractivity contribution in [2.75, 3.05) is 32.8 Å². The Morgan fingerprint density at radius 1 is 1.20 bits per heavy atom. The summed E-state index contributed by atoms with van der Waals surface area (Å²) >= 11 is 1.55. The lowest BCUT2D eigenvalue weighted by atomic mass is 10.2. The summed E-state index contributed by atoms with van der Waals surface area (Å²) in [6.07, 6.45) is 0. The van der Waals surface area contributed by atoms with E-state index >= 15 is 0 Å². The lowest BCUT2D eigenvalue weighted by Crippen LogP contribution is -2.43. The Hall–Kier alpha value is -1.39. The van der Waals surface area contributed by atoms with Crippen LogP contribution in [-0.4, -0.2) is 46.2 Å². The minimum Gasteiger partial charge on any atom is -0.379 e. The molecule has 1 aliphatic heterocycles. The van der Waals surface area contributed by atoms with E-state index < -0.39 is 21.7 Å². The molecule has 5 nitrogen and oxygen atoms in total. The van der Waals surface area contributed by atoms with E-state index in [9.17, 15) is 17.2 Å². The highest BCUT2D eigenvalue weighted by atomic mass is 32.2. The van der Waals surface area contributed by atoms with Gasteiger partial charge in [-0.25, -0.2) is 21.9 Å². The summed E-state index contributed by atoms with van der Waals surface area (Å²) in [5.41, 5.74) is 0. The number of thiophene rings is 1. The molecule has 1 saturated heterocycles. The van der Waals surface area contributed by atoms with E-state index in [0.29, 0.717) is 32.4 Å². The maximum atomic E-state index is 13.3. The van der Waals surface area contributed by atoms with Crippen LogP contribution >= 0.6 is 11.3 Å². The van der Waals surface area contributed by atoms with E-state index in [0.717, 1.165) is 17.0 Å². The lowest BCUT2D eigenvalue weighted by molar-refractivity contribution is 0.0179. The minimum absolute atomic E-state index is 0.135. The van der Waals surface area contributed by atoms with Crippen LogP contribution in [0.2, 0.25) is 0 Å². The summed E-state index contributed by atoms with van der Waals surface area (Å²) in [5, 5.41) is 1.94. The van der Waals surface area contributed by atoms with Gasteiger partial charge in [0.2, 0.25) is 10.0 Å². The van der Waals surface area contributed by atoms with Crippen LogP contribution in [0.4, 0.5) is 8.78 Å². The molecule has 0 amide bonds. The van der Waals surface area contributed by atoms with Gasteiger partial charge in [-0.05, 0) is 29.6 Å². The highest BCUT2D eigenvalue weighted by Crippen LogP contribution is 2.26. The van der Waals surface area contributed by atoms with Crippen molar-refractivity contribution in [3.63, 3.8) is 0 Å². The second-order valence-corrected chi connectivity index (χ2v) is 8.35. The van der Waals surface area contributed by atoms with Crippen molar-refractivity contribution in [1.29, 1.82) is 0 Å². The molecule has 3 rings (SSSR count). The molecular weight excluding hydrogens is 370 g/mol. The number of morpholine rings is 1. The zero-order chi connectivity index (χ0) is 17.9. The number of ether oxygens (including phenoxy) is 1. The number of halogens is 2. The largest absolute Gasteiger partial charge is 0.379 e. The molecule has 0 spiro atoms. The summed E-state index contributed by atoms with van der Waals surface area (Å²) < 4.78 is 59.0. The van der Waals surface area contributed by atoms with E-state index in [1.54, 1.807) is 11.3 Å². The van der Waals surface area contributed by atoms with Crippen LogP contribution in [0, 0.1) is 11.6 Å². The smallest absolute Gasteiger partial charge is 0.240 e. The Balaban J connectivity index is 1.76. The van der Waals surface area contributed by atoms with Gasteiger partial charge in [0, 0.05) is 24.5 Å². The molecule has 1 aliphatic rings. The summed E-state index contributed by atoms with van der Waals surface area (Å²) in [5.74, 6) is -2.27. The van der Waals surface area contributed by atoms with E-state index in [4.69, 9.17) is 4.74 Å². The van der Waals surface area contributed by atoms with Gasteiger partial charge in [0.15, 0.2) is 11.6 Å². The van der Waals surface area contributed by atoms with E-state index in [2.05, 4.69) is 9.62 Å². The van der Waals surface area contributed by atoms with Crippen molar-refractivity contribution in [3.05, 3.63) is 52.2 Å². The van der Waals surface area contributed by atoms with Gasteiger partial charge in [-0.3, -0.25) is 4.90 Å². The van der Waals surface area contributed by atoms with Gasteiger partial charge in [-0.15, -0.1) is 11.3 Å². The zero-order valence-corrected chi connectivity index (χ0v) is 15.0. The molecule has 1 atom stereocenters. The lowest BCUT2D eigenvalue weighted by Gasteiger charge is -2.34. The van der Waals surface area contributed by atoms with Crippen molar-refractivity contribution in [1.82, 2.24) is 9.62 Å². The number of sulfonamides is 1. The first-order valence-electron chi connectivity index (χ1n) is 7.77. The van der Waals surface area contributed by atoms with Crippen LogP contribution in [0.3, 0.4) is 0 Å². The van der Waals surface area contributed by atoms with Crippen LogP contribution in [0.5, 0.6) is 0 Å². The fourth-order valence-electron chi connectivity index (χ4n) is 2.70. The third-order valence-corrected chi connectivity index (χ3v) is 6.42. The van der Waals surface area contributed by atoms with Crippen molar-refractivity contribution >= 4 is 21.4 Å². The fourth-order valence-corrected chi connectivity index (χ4v) is 4.61. The molecule has 1 N–H and O–H groups in total. The van der Waals surface area contributed by atoms with Crippen molar-refractivity contribution < 1.29 is 21.9 Å². The molecule has 1 aromatic heterocycles. The standard InChI is InChI=1S/C16H18F2N2O3S2/c17-13-4-3-12(10-14(13)18)25(21,22)19-11-15(16-2-1-9-24-16)20-5-7-23-8-6-20/h1-4,9-10,15,19H,5-8,11H2/t15-/m0/s1. The van der Waals surface area contributed by atoms with Crippen LogP contribution in [0.1, 0.15) is 10.9 Å². The van der Waals surface area contributed by atoms with Crippen molar-refractivity contribution in [3.8, 4) is 0 Å². The van der Waals surface area contributed by atoms with Gasteiger partial charge < -0.3 is 4.74 Å². The topological polar surface area (TPSA) is 58.6 Å². The molecule has 1 fully saturated rings. The van der Waals surface area contributed by atoms with Crippen molar-refractivity contribution in [2.24, 2.45) is 0 Å². The van der Waals surface area contributed by atoms with Gasteiger partial charge in [0.25, 0.3) is 0 Å². The molecular formula is C16H18F2N2O3S2. The van der Waals surface area contributed by atoms with Gasteiger partial charge in [0.1, 0.15) is 0 Å². The summed E-state index contributed by atoms with van der Waals surface area (Å²) in [4.78, 5) is 2.90. The molecule has 0 saturated carbocycles. The Morgan fingerprint density at radius 3 is 2.60 bits per heavy atom. The van der Waals surface area contributed by atoms with Gasteiger partial charge in [0.05, 0.1) is 24.2 Å². The molecule has 136 valence electrons. The molecule has 0 aliphatic carbocycles. The first kappa shape index (κ1) is 18.4. The van der Waals surface area contributed by atoms with Gasteiger partial charge >= 0.3 is 0 Å². The molecule has 25 heavy (non-hydrogen) atoms. The van der Waals surface area contributed by atoms with Gasteiger partial charge in [-0.1, -0.05) is 6.07 Å². The van der Waals surface area contributed by atoms with E-state index in [1.165, 1.54) is 0 Å². The highest BCUT2D eigenvalue weighted by Gasteiger charge is 2.26. The summed E-state index contributed by atoms with van der Waals surface area (Å²) in [6.45, 7) is 2.74. The quantitative estimate of drug-likeness (QED) is 0.826. The minimum atomic E-state index is -3.93. The Kier molecular flexibility index (Phi) is 5.80. The van der Waals surface area contributed by atoms with Crippen LogP contribution in [0.15, 0.2) is 40.6 Å². The molecule has 2 heterocycles. The Morgan fingerprint density at radius 2 is 1.96 bits per heavy atom. The average molecular weight is 388 g/mol. The normalized spacial score (nSPS) is 17.5.